The smallest absolute Gasteiger partial charge is 0.257 e. The van der Waals surface area contributed by atoms with Crippen LogP contribution in [0.25, 0.3) is 0 Å². The van der Waals surface area contributed by atoms with Gasteiger partial charge in [0.25, 0.3) is 5.91 Å². The van der Waals surface area contributed by atoms with E-state index in [0.29, 0.717) is 12.5 Å². The maximum atomic E-state index is 12.2. The molecule has 2 rings (SSSR count). The molecule has 1 aromatic carbocycles. The van der Waals surface area contributed by atoms with Crippen molar-refractivity contribution < 1.29 is 15.0 Å². The summed E-state index contributed by atoms with van der Waals surface area (Å²) in [4.78, 5) is 13.9. The van der Waals surface area contributed by atoms with Gasteiger partial charge in [-0.05, 0) is 43.9 Å². The van der Waals surface area contributed by atoms with Crippen LogP contribution in [0.15, 0.2) is 18.2 Å². The SMILES string of the molecule is CCN(CC1CC1)C(=O)c1cc(O)ccc1O. The fraction of sp³-hybridized carbons (Fsp3) is 0.462. The molecule has 1 fully saturated rings. The topological polar surface area (TPSA) is 60.8 Å². The number of hydrogen-bond donors (Lipinski definition) is 2. The van der Waals surface area contributed by atoms with E-state index in [1.807, 2.05) is 6.92 Å². The zero-order valence-corrected chi connectivity index (χ0v) is 9.89. The molecule has 0 aromatic heterocycles. The molecule has 0 atom stereocenters. The van der Waals surface area contributed by atoms with Crippen molar-refractivity contribution in [3.8, 4) is 11.5 Å². The Hall–Kier alpha value is -1.71. The monoisotopic (exact) mass is 235 g/mol. The van der Waals surface area contributed by atoms with E-state index in [1.165, 1.54) is 31.0 Å². The highest BCUT2D eigenvalue weighted by Crippen LogP contribution is 2.31. The van der Waals surface area contributed by atoms with Crippen LogP contribution >= 0.6 is 0 Å². The Labute approximate surface area is 100 Å². The first-order valence-electron chi connectivity index (χ1n) is 5.93. The molecule has 1 saturated carbocycles. The lowest BCUT2D eigenvalue weighted by molar-refractivity contribution is 0.0753. The van der Waals surface area contributed by atoms with Gasteiger partial charge in [0.1, 0.15) is 11.5 Å². The van der Waals surface area contributed by atoms with Crippen LogP contribution < -0.4 is 0 Å². The minimum absolute atomic E-state index is 0.00590. The lowest BCUT2D eigenvalue weighted by atomic mass is 10.1. The van der Waals surface area contributed by atoms with Crippen molar-refractivity contribution in [2.45, 2.75) is 19.8 Å². The highest BCUT2D eigenvalue weighted by molar-refractivity contribution is 5.97. The molecule has 92 valence electrons. The first-order valence-corrected chi connectivity index (χ1v) is 5.93. The Balaban J connectivity index is 2.18. The summed E-state index contributed by atoms with van der Waals surface area (Å²) in [5.41, 5.74) is 0.174. The number of benzene rings is 1. The first-order chi connectivity index (χ1) is 8.11. The molecule has 1 aromatic rings. The number of carbonyl (C=O) groups is 1. The fourth-order valence-corrected chi connectivity index (χ4v) is 1.83. The minimum Gasteiger partial charge on any atom is -0.508 e. The number of phenolic OH excluding ortho intramolecular Hbond substituents is 2. The highest BCUT2D eigenvalue weighted by Gasteiger charge is 2.27. The summed E-state index contributed by atoms with van der Waals surface area (Å²) in [5.74, 6) is 0.307. The number of amides is 1. The number of carbonyl (C=O) groups excluding carboxylic acids is 1. The quantitative estimate of drug-likeness (QED) is 0.784. The Kier molecular flexibility index (Phi) is 3.22. The van der Waals surface area contributed by atoms with E-state index < -0.39 is 0 Å². The van der Waals surface area contributed by atoms with Gasteiger partial charge in [-0.15, -0.1) is 0 Å². The van der Waals surface area contributed by atoms with Crippen molar-refractivity contribution in [1.82, 2.24) is 4.90 Å². The Morgan fingerprint density at radius 2 is 2.12 bits per heavy atom. The van der Waals surface area contributed by atoms with Gasteiger partial charge in [0.05, 0.1) is 5.56 Å². The zero-order chi connectivity index (χ0) is 12.4. The minimum atomic E-state index is -0.215. The molecule has 1 amide bonds. The second-order valence-corrected chi connectivity index (χ2v) is 4.49. The average molecular weight is 235 g/mol. The molecular formula is C13H17NO3. The van der Waals surface area contributed by atoms with Gasteiger partial charge in [0.2, 0.25) is 0 Å². The molecule has 2 N–H and O–H groups in total. The summed E-state index contributed by atoms with van der Waals surface area (Å²) in [6.45, 7) is 3.27. The summed E-state index contributed by atoms with van der Waals surface area (Å²) in [6, 6.07) is 4.02. The van der Waals surface area contributed by atoms with Crippen LogP contribution in [-0.2, 0) is 0 Å². The van der Waals surface area contributed by atoms with Gasteiger partial charge in [-0.2, -0.15) is 0 Å². The molecule has 1 aliphatic rings. The standard InChI is InChI=1S/C13H17NO3/c1-2-14(8-9-3-4-9)13(17)11-7-10(15)5-6-12(11)16/h5-7,9,15-16H,2-4,8H2,1H3. The van der Waals surface area contributed by atoms with Crippen LogP contribution in [0.5, 0.6) is 11.5 Å². The molecule has 4 heteroatoms. The predicted octanol–water partition coefficient (Wildman–Crippen LogP) is 1.97. The van der Waals surface area contributed by atoms with E-state index in [-0.39, 0.29) is 23.0 Å². The highest BCUT2D eigenvalue weighted by atomic mass is 16.3. The number of phenols is 2. The molecule has 0 spiro atoms. The maximum absolute atomic E-state index is 12.2. The van der Waals surface area contributed by atoms with Gasteiger partial charge in [0, 0.05) is 13.1 Å². The van der Waals surface area contributed by atoms with Gasteiger partial charge in [0.15, 0.2) is 0 Å². The molecule has 4 nitrogen and oxygen atoms in total. The molecule has 0 saturated heterocycles. The lowest BCUT2D eigenvalue weighted by Crippen LogP contribution is -2.32. The summed E-state index contributed by atoms with van der Waals surface area (Å²) in [5, 5.41) is 19.0. The molecule has 0 radical (unpaired) electrons. The van der Waals surface area contributed by atoms with Crippen molar-refractivity contribution in [2.24, 2.45) is 5.92 Å². The number of aromatic hydroxyl groups is 2. The Bertz CT molecular complexity index is 427. The first kappa shape index (κ1) is 11.8. The molecule has 0 bridgehead atoms. The summed E-state index contributed by atoms with van der Waals surface area (Å²) in [7, 11) is 0. The third-order valence-corrected chi connectivity index (χ3v) is 3.05. The van der Waals surface area contributed by atoms with Gasteiger partial charge in [-0.3, -0.25) is 4.79 Å². The number of rotatable bonds is 4. The summed E-state index contributed by atoms with van der Waals surface area (Å²) >= 11 is 0. The van der Waals surface area contributed by atoms with Crippen molar-refractivity contribution in [1.29, 1.82) is 0 Å². The Morgan fingerprint density at radius 1 is 1.41 bits per heavy atom. The third kappa shape index (κ3) is 2.70. The predicted molar refractivity (Wildman–Crippen MR) is 64.1 cm³/mol. The maximum Gasteiger partial charge on any atom is 0.257 e. The van der Waals surface area contributed by atoms with Crippen LogP contribution in [-0.4, -0.2) is 34.1 Å². The van der Waals surface area contributed by atoms with E-state index in [1.54, 1.807) is 4.90 Å². The molecular weight excluding hydrogens is 218 g/mol. The largest absolute Gasteiger partial charge is 0.508 e. The van der Waals surface area contributed by atoms with E-state index in [0.717, 1.165) is 6.54 Å². The molecule has 0 unspecified atom stereocenters. The van der Waals surface area contributed by atoms with Gasteiger partial charge in [-0.25, -0.2) is 0 Å². The van der Waals surface area contributed by atoms with Gasteiger partial charge < -0.3 is 15.1 Å². The van der Waals surface area contributed by atoms with Crippen molar-refractivity contribution in [3.05, 3.63) is 23.8 Å². The van der Waals surface area contributed by atoms with E-state index in [4.69, 9.17) is 0 Å². The zero-order valence-electron chi connectivity index (χ0n) is 9.89. The van der Waals surface area contributed by atoms with Gasteiger partial charge >= 0.3 is 0 Å². The second kappa shape index (κ2) is 4.65. The van der Waals surface area contributed by atoms with Crippen LogP contribution in [0.3, 0.4) is 0 Å². The fourth-order valence-electron chi connectivity index (χ4n) is 1.83. The average Bonchev–Trinajstić information content (AvgIpc) is 3.12. The molecule has 0 aliphatic heterocycles. The van der Waals surface area contributed by atoms with Crippen LogP contribution in [0.2, 0.25) is 0 Å². The number of nitrogens with zero attached hydrogens (tertiary/aromatic N) is 1. The lowest BCUT2D eigenvalue weighted by Gasteiger charge is -2.21. The van der Waals surface area contributed by atoms with Crippen molar-refractivity contribution >= 4 is 5.91 Å². The summed E-state index contributed by atoms with van der Waals surface area (Å²) < 4.78 is 0. The van der Waals surface area contributed by atoms with Crippen molar-refractivity contribution in [3.63, 3.8) is 0 Å². The normalized spacial score (nSPS) is 14.6. The van der Waals surface area contributed by atoms with Crippen molar-refractivity contribution in [2.75, 3.05) is 13.1 Å². The van der Waals surface area contributed by atoms with E-state index in [9.17, 15) is 15.0 Å². The van der Waals surface area contributed by atoms with Gasteiger partial charge in [-0.1, -0.05) is 0 Å². The molecule has 1 aliphatic carbocycles. The van der Waals surface area contributed by atoms with E-state index >= 15 is 0 Å². The molecule has 17 heavy (non-hydrogen) atoms. The van der Waals surface area contributed by atoms with Crippen LogP contribution in [0.1, 0.15) is 30.1 Å². The van der Waals surface area contributed by atoms with Crippen LogP contribution in [0, 0.1) is 5.92 Å². The second-order valence-electron chi connectivity index (χ2n) is 4.49. The van der Waals surface area contributed by atoms with Crippen LogP contribution in [0.4, 0.5) is 0 Å². The molecule has 0 heterocycles. The number of hydrogen-bond acceptors (Lipinski definition) is 3. The Morgan fingerprint density at radius 3 is 2.71 bits per heavy atom. The third-order valence-electron chi connectivity index (χ3n) is 3.05. The van der Waals surface area contributed by atoms with E-state index in [2.05, 4.69) is 0 Å². The summed E-state index contributed by atoms with van der Waals surface area (Å²) in [6.07, 6.45) is 2.35.